The van der Waals surface area contributed by atoms with Crippen LogP contribution in [-0.4, -0.2) is 65.9 Å². The Labute approximate surface area is 164 Å². The predicted molar refractivity (Wildman–Crippen MR) is 106 cm³/mol. The average Bonchev–Trinajstić information content (AvgIpc) is 2.74. The number of amides is 2. The van der Waals surface area contributed by atoms with E-state index in [4.69, 9.17) is 0 Å². The first kappa shape index (κ1) is 19.8. The second-order valence-corrected chi connectivity index (χ2v) is 6.62. The van der Waals surface area contributed by atoms with Gasteiger partial charge in [0.15, 0.2) is 0 Å². The normalized spacial score (nSPS) is 14.1. The highest BCUT2D eigenvalue weighted by molar-refractivity contribution is 5.96. The molecular formula is C21H25FN4O2. The number of carbonyl (C=O) groups is 2. The number of rotatable bonds is 5. The van der Waals surface area contributed by atoms with Crippen molar-refractivity contribution in [2.45, 2.75) is 13.8 Å². The van der Waals surface area contributed by atoms with Gasteiger partial charge in [0, 0.05) is 39.3 Å². The van der Waals surface area contributed by atoms with Crippen molar-refractivity contribution in [3.05, 3.63) is 59.7 Å². The summed E-state index contributed by atoms with van der Waals surface area (Å²) in [6.07, 6.45) is 0. The van der Waals surface area contributed by atoms with Crippen LogP contribution in [0.3, 0.4) is 0 Å². The number of anilines is 1. The Morgan fingerprint density at radius 1 is 0.964 bits per heavy atom. The van der Waals surface area contributed by atoms with Gasteiger partial charge in [-0.3, -0.25) is 9.59 Å². The molecule has 2 heterocycles. The second-order valence-electron chi connectivity index (χ2n) is 6.62. The molecule has 0 aliphatic carbocycles. The highest BCUT2D eigenvalue weighted by atomic mass is 19.1. The van der Waals surface area contributed by atoms with Crippen molar-refractivity contribution in [3.63, 3.8) is 0 Å². The molecular weight excluding hydrogens is 359 g/mol. The average molecular weight is 384 g/mol. The van der Waals surface area contributed by atoms with Crippen LogP contribution in [0.2, 0.25) is 0 Å². The zero-order chi connectivity index (χ0) is 20.1. The fourth-order valence-corrected chi connectivity index (χ4v) is 3.37. The van der Waals surface area contributed by atoms with Crippen molar-refractivity contribution in [1.82, 2.24) is 14.8 Å². The molecule has 6 nitrogen and oxygen atoms in total. The Balaban J connectivity index is 1.68. The molecule has 2 amide bonds. The molecule has 7 heteroatoms. The number of para-hydroxylation sites is 1. The molecule has 148 valence electrons. The molecule has 0 N–H and O–H groups in total. The van der Waals surface area contributed by atoms with E-state index in [-0.39, 0.29) is 29.0 Å². The number of aromatic nitrogens is 1. The molecule has 1 aliphatic rings. The van der Waals surface area contributed by atoms with Gasteiger partial charge in [0.2, 0.25) is 0 Å². The SMILES string of the molecule is CCN(CC)C(=O)c1cccc(C(=O)N2CCN(c3ccccc3F)CC2)n1. The molecule has 1 saturated heterocycles. The zero-order valence-corrected chi connectivity index (χ0v) is 16.3. The van der Waals surface area contributed by atoms with Crippen molar-refractivity contribution in [2.75, 3.05) is 44.2 Å². The topological polar surface area (TPSA) is 56.8 Å². The number of hydrogen-bond acceptors (Lipinski definition) is 4. The molecule has 0 radical (unpaired) electrons. The fraction of sp³-hybridized carbons (Fsp3) is 0.381. The van der Waals surface area contributed by atoms with Gasteiger partial charge in [-0.05, 0) is 38.1 Å². The van der Waals surface area contributed by atoms with E-state index in [1.807, 2.05) is 18.7 Å². The first-order valence-corrected chi connectivity index (χ1v) is 9.60. The number of halogens is 1. The maximum absolute atomic E-state index is 14.0. The lowest BCUT2D eigenvalue weighted by Crippen LogP contribution is -2.49. The molecule has 0 unspecified atom stereocenters. The molecule has 0 saturated carbocycles. The number of benzene rings is 1. The standard InChI is InChI=1S/C21H25FN4O2/c1-3-24(4-2)20(27)17-9-7-10-18(23-17)21(28)26-14-12-25(13-15-26)19-11-6-5-8-16(19)22/h5-11H,3-4,12-15H2,1-2H3. The quantitative estimate of drug-likeness (QED) is 0.795. The van der Waals surface area contributed by atoms with Crippen molar-refractivity contribution in [2.24, 2.45) is 0 Å². The van der Waals surface area contributed by atoms with Gasteiger partial charge in [-0.15, -0.1) is 0 Å². The summed E-state index contributed by atoms with van der Waals surface area (Å²) in [5.74, 6) is -0.641. The Hall–Kier alpha value is -2.96. The molecule has 0 atom stereocenters. The van der Waals surface area contributed by atoms with Crippen molar-refractivity contribution in [3.8, 4) is 0 Å². The number of nitrogens with zero attached hydrogens (tertiary/aromatic N) is 4. The number of piperazine rings is 1. The smallest absolute Gasteiger partial charge is 0.272 e. The highest BCUT2D eigenvalue weighted by Crippen LogP contribution is 2.20. The van der Waals surface area contributed by atoms with Gasteiger partial charge in [0.05, 0.1) is 5.69 Å². The first-order chi connectivity index (χ1) is 13.5. The van der Waals surface area contributed by atoms with Gasteiger partial charge >= 0.3 is 0 Å². The lowest BCUT2D eigenvalue weighted by molar-refractivity contribution is 0.0739. The maximum atomic E-state index is 14.0. The third kappa shape index (κ3) is 4.13. The Morgan fingerprint density at radius 2 is 1.61 bits per heavy atom. The fourth-order valence-electron chi connectivity index (χ4n) is 3.37. The molecule has 1 aromatic carbocycles. The minimum absolute atomic E-state index is 0.177. The van der Waals surface area contributed by atoms with Gasteiger partial charge in [-0.25, -0.2) is 9.37 Å². The second kappa shape index (κ2) is 8.82. The molecule has 0 bridgehead atoms. The van der Waals surface area contributed by atoms with E-state index in [1.165, 1.54) is 6.07 Å². The molecule has 1 aliphatic heterocycles. The van der Waals surface area contributed by atoms with Gasteiger partial charge in [0.1, 0.15) is 17.2 Å². The van der Waals surface area contributed by atoms with Gasteiger partial charge in [-0.1, -0.05) is 18.2 Å². The Morgan fingerprint density at radius 3 is 2.25 bits per heavy atom. The Kier molecular flexibility index (Phi) is 6.23. The number of carbonyl (C=O) groups excluding carboxylic acids is 2. The first-order valence-electron chi connectivity index (χ1n) is 9.60. The predicted octanol–water partition coefficient (Wildman–Crippen LogP) is 2.67. The molecule has 1 fully saturated rings. The van der Waals surface area contributed by atoms with E-state index in [0.717, 1.165) is 0 Å². The highest BCUT2D eigenvalue weighted by Gasteiger charge is 2.25. The van der Waals surface area contributed by atoms with Crippen LogP contribution in [0, 0.1) is 5.82 Å². The lowest BCUT2D eigenvalue weighted by Gasteiger charge is -2.36. The van der Waals surface area contributed by atoms with Gasteiger partial charge in [0.25, 0.3) is 11.8 Å². The van der Waals surface area contributed by atoms with Crippen LogP contribution in [0.4, 0.5) is 10.1 Å². The minimum Gasteiger partial charge on any atom is -0.366 e. The summed E-state index contributed by atoms with van der Waals surface area (Å²) in [6, 6.07) is 11.6. The number of pyridine rings is 1. The molecule has 2 aromatic rings. The van der Waals surface area contributed by atoms with E-state index in [0.29, 0.717) is 45.0 Å². The molecule has 3 rings (SSSR count). The zero-order valence-electron chi connectivity index (χ0n) is 16.3. The van der Waals surface area contributed by atoms with Crippen molar-refractivity contribution < 1.29 is 14.0 Å². The van der Waals surface area contributed by atoms with Gasteiger partial charge < -0.3 is 14.7 Å². The van der Waals surface area contributed by atoms with Crippen LogP contribution < -0.4 is 4.90 Å². The summed E-state index contributed by atoms with van der Waals surface area (Å²) in [6.45, 7) is 7.04. The van der Waals surface area contributed by atoms with Crippen molar-refractivity contribution in [1.29, 1.82) is 0 Å². The third-order valence-electron chi connectivity index (χ3n) is 5.00. The van der Waals surface area contributed by atoms with Gasteiger partial charge in [-0.2, -0.15) is 0 Å². The van der Waals surface area contributed by atoms with Crippen molar-refractivity contribution >= 4 is 17.5 Å². The lowest BCUT2D eigenvalue weighted by atomic mass is 10.2. The largest absolute Gasteiger partial charge is 0.366 e. The summed E-state index contributed by atoms with van der Waals surface area (Å²) in [5, 5.41) is 0. The van der Waals surface area contributed by atoms with E-state index < -0.39 is 0 Å². The van der Waals surface area contributed by atoms with Crippen LogP contribution in [0.25, 0.3) is 0 Å². The molecule has 0 spiro atoms. The van der Waals surface area contributed by atoms with E-state index >= 15 is 0 Å². The number of hydrogen-bond donors (Lipinski definition) is 0. The summed E-state index contributed by atoms with van der Waals surface area (Å²) in [7, 11) is 0. The summed E-state index contributed by atoms with van der Waals surface area (Å²) in [5.41, 5.74) is 1.09. The van der Waals surface area contributed by atoms with Crippen LogP contribution in [0.5, 0.6) is 0 Å². The van der Waals surface area contributed by atoms with E-state index in [2.05, 4.69) is 4.98 Å². The molecule has 28 heavy (non-hydrogen) atoms. The summed E-state index contributed by atoms with van der Waals surface area (Å²) < 4.78 is 14.0. The minimum atomic E-state index is -0.258. The van der Waals surface area contributed by atoms with Crippen LogP contribution in [0.1, 0.15) is 34.8 Å². The maximum Gasteiger partial charge on any atom is 0.272 e. The summed E-state index contributed by atoms with van der Waals surface area (Å²) >= 11 is 0. The summed E-state index contributed by atoms with van der Waals surface area (Å²) in [4.78, 5) is 34.9. The van der Waals surface area contributed by atoms with E-state index in [1.54, 1.807) is 46.2 Å². The van der Waals surface area contributed by atoms with E-state index in [9.17, 15) is 14.0 Å². The monoisotopic (exact) mass is 384 g/mol. The van der Waals surface area contributed by atoms with Crippen LogP contribution >= 0.6 is 0 Å². The Bertz CT molecular complexity index is 846. The third-order valence-corrected chi connectivity index (χ3v) is 5.00. The van der Waals surface area contributed by atoms with Crippen LogP contribution in [-0.2, 0) is 0 Å². The van der Waals surface area contributed by atoms with Crippen LogP contribution in [0.15, 0.2) is 42.5 Å². The molecule has 1 aromatic heterocycles.